The molecule has 2 heterocycles. The summed E-state index contributed by atoms with van der Waals surface area (Å²) in [5.74, 6) is 0.0951. The van der Waals surface area contributed by atoms with Crippen molar-refractivity contribution in [3.63, 3.8) is 0 Å². The maximum atomic E-state index is 12.6. The molecule has 1 aromatic rings. The molecule has 1 atom stereocenters. The Morgan fingerprint density at radius 2 is 1.96 bits per heavy atom. The second-order valence-corrected chi connectivity index (χ2v) is 8.26. The summed E-state index contributed by atoms with van der Waals surface area (Å²) in [7, 11) is 0. The van der Waals surface area contributed by atoms with Gasteiger partial charge in [-0.05, 0) is 31.2 Å². The Labute approximate surface area is 159 Å². The zero-order valence-corrected chi connectivity index (χ0v) is 16.3. The normalized spacial score (nSPS) is 21.5. The average Bonchev–Trinajstić information content (AvgIpc) is 2.80. The summed E-state index contributed by atoms with van der Waals surface area (Å²) < 4.78 is 0. The van der Waals surface area contributed by atoms with Gasteiger partial charge in [-0.2, -0.15) is 4.98 Å². The molecule has 2 amide bonds. The van der Waals surface area contributed by atoms with Crippen LogP contribution in [0.3, 0.4) is 0 Å². The summed E-state index contributed by atoms with van der Waals surface area (Å²) >= 11 is 0. The van der Waals surface area contributed by atoms with E-state index in [1.807, 2.05) is 18.7 Å². The number of nitrogens with zero attached hydrogens (tertiary/aromatic N) is 2. The highest BCUT2D eigenvalue weighted by atomic mass is 16.2. The minimum Gasteiger partial charge on any atom is -0.346 e. The molecule has 2 N–H and O–H groups in total. The number of aromatic amines is 1. The van der Waals surface area contributed by atoms with E-state index in [0.29, 0.717) is 37.0 Å². The Morgan fingerprint density at radius 1 is 1.26 bits per heavy atom. The van der Waals surface area contributed by atoms with Crippen LogP contribution < -0.4 is 11.0 Å². The largest absolute Gasteiger partial charge is 0.346 e. The van der Waals surface area contributed by atoms with Crippen LogP contribution in [0.25, 0.3) is 0 Å². The molecule has 0 unspecified atom stereocenters. The zero-order chi connectivity index (χ0) is 19.4. The lowest BCUT2D eigenvalue weighted by Gasteiger charge is -2.27. The van der Waals surface area contributed by atoms with E-state index in [-0.39, 0.29) is 23.6 Å². The van der Waals surface area contributed by atoms with Gasteiger partial charge in [-0.15, -0.1) is 0 Å². The van der Waals surface area contributed by atoms with E-state index < -0.39 is 5.69 Å². The van der Waals surface area contributed by atoms with Crippen molar-refractivity contribution in [3.05, 3.63) is 27.9 Å². The first-order valence-electron chi connectivity index (χ1n) is 10.1. The van der Waals surface area contributed by atoms with Gasteiger partial charge in [0.25, 0.3) is 5.91 Å². The van der Waals surface area contributed by atoms with Crippen LogP contribution >= 0.6 is 0 Å². The monoisotopic (exact) mass is 374 g/mol. The predicted octanol–water partition coefficient (Wildman–Crippen LogP) is 2.02. The number of aromatic nitrogens is 2. The lowest BCUT2D eigenvalue weighted by Crippen LogP contribution is -2.41. The van der Waals surface area contributed by atoms with E-state index in [4.69, 9.17) is 0 Å². The number of carbonyl (C=O) groups excluding carboxylic acids is 2. The minimum atomic E-state index is -0.513. The Kier molecular flexibility index (Phi) is 6.29. The van der Waals surface area contributed by atoms with Gasteiger partial charge in [0.1, 0.15) is 5.69 Å². The number of rotatable bonds is 5. The highest BCUT2D eigenvalue weighted by molar-refractivity contribution is 5.93. The summed E-state index contributed by atoms with van der Waals surface area (Å²) in [5.41, 5.74) is 0.313. The van der Waals surface area contributed by atoms with Crippen molar-refractivity contribution in [2.45, 2.75) is 77.3 Å². The number of carbonyl (C=O) groups is 2. The molecular weight excluding hydrogens is 344 g/mol. The quantitative estimate of drug-likeness (QED) is 0.771. The molecule has 27 heavy (non-hydrogen) atoms. The predicted molar refractivity (Wildman–Crippen MR) is 102 cm³/mol. The van der Waals surface area contributed by atoms with Gasteiger partial charge in [-0.3, -0.25) is 9.59 Å². The van der Waals surface area contributed by atoms with Crippen molar-refractivity contribution in [3.8, 4) is 0 Å². The van der Waals surface area contributed by atoms with Gasteiger partial charge >= 0.3 is 5.69 Å². The fourth-order valence-electron chi connectivity index (χ4n) is 4.18. The smallest absolute Gasteiger partial charge is 0.345 e. The van der Waals surface area contributed by atoms with Gasteiger partial charge in [-0.1, -0.05) is 39.5 Å². The number of H-pyrrole nitrogens is 1. The maximum absolute atomic E-state index is 12.6. The first-order valence-corrected chi connectivity index (χ1v) is 10.1. The van der Waals surface area contributed by atoms with E-state index in [2.05, 4.69) is 15.3 Å². The van der Waals surface area contributed by atoms with Crippen molar-refractivity contribution in [1.29, 1.82) is 0 Å². The van der Waals surface area contributed by atoms with Crippen LogP contribution in [0.4, 0.5) is 0 Å². The SMILES string of the molecule is CC(C)Cc1cc(C(=O)N[C@H]2CC(=O)N(C3CCCCCC3)C2)nc(=O)[nH]1. The summed E-state index contributed by atoms with van der Waals surface area (Å²) in [6.45, 7) is 4.65. The molecule has 0 radical (unpaired) electrons. The summed E-state index contributed by atoms with van der Waals surface area (Å²) in [6, 6.07) is 1.72. The molecule has 1 aliphatic carbocycles. The van der Waals surface area contributed by atoms with Crippen molar-refractivity contribution in [2.75, 3.05) is 6.54 Å². The average molecular weight is 374 g/mol. The molecule has 1 saturated carbocycles. The Hall–Kier alpha value is -2.18. The van der Waals surface area contributed by atoms with Crippen LogP contribution in [-0.4, -0.2) is 45.3 Å². The third kappa shape index (κ3) is 5.17. The van der Waals surface area contributed by atoms with Gasteiger partial charge in [-0.25, -0.2) is 4.79 Å². The molecule has 0 bridgehead atoms. The Morgan fingerprint density at radius 3 is 2.63 bits per heavy atom. The molecular formula is C20H30N4O3. The lowest BCUT2D eigenvalue weighted by atomic mass is 10.1. The molecule has 148 valence electrons. The Bertz CT molecular complexity index is 735. The first-order chi connectivity index (χ1) is 12.9. The molecule has 7 heteroatoms. The molecule has 2 aliphatic rings. The van der Waals surface area contributed by atoms with E-state index in [1.165, 1.54) is 25.7 Å². The fraction of sp³-hybridized carbons (Fsp3) is 0.700. The number of amides is 2. The molecule has 1 aliphatic heterocycles. The summed E-state index contributed by atoms with van der Waals surface area (Å²) in [4.78, 5) is 45.2. The number of nitrogens with one attached hydrogen (secondary N) is 2. The molecule has 0 spiro atoms. The summed E-state index contributed by atoms with van der Waals surface area (Å²) in [6.07, 6.45) is 7.93. The minimum absolute atomic E-state index is 0.117. The third-order valence-corrected chi connectivity index (χ3v) is 5.42. The molecule has 2 fully saturated rings. The van der Waals surface area contributed by atoms with E-state index in [9.17, 15) is 14.4 Å². The highest BCUT2D eigenvalue weighted by Gasteiger charge is 2.35. The number of hydrogen-bond donors (Lipinski definition) is 2. The fourth-order valence-corrected chi connectivity index (χ4v) is 4.18. The van der Waals surface area contributed by atoms with Crippen molar-refractivity contribution in [2.24, 2.45) is 5.92 Å². The number of hydrogen-bond acceptors (Lipinski definition) is 4. The molecule has 7 nitrogen and oxygen atoms in total. The topological polar surface area (TPSA) is 95.2 Å². The van der Waals surface area contributed by atoms with Crippen LogP contribution in [0, 0.1) is 5.92 Å². The van der Waals surface area contributed by atoms with E-state index in [1.54, 1.807) is 6.07 Å². The van der Waals surface area contributed by atoms with E-state index in [0.717, 1.165) is 12.8 Å². The van der Waals surface area contributed by atoms with Crippen LogP contribution in [0.2, 0.25) is 0 Å². The summed E-state index contributed by atoms with van der Waals surface area (Å²) in [5, 5.41) is 2.90. The second-order valence-electron chi connectivity index (χ2n) is 8.26. The number of likely N-dealkylation sites (tertiary alicyclic amines) is 1. The third-order valence-electron chi connectivity index (χ3n) is 5.42. The van der Waals surface area contributed by atoms with Crippen LogP contribution in [0.5, 0.6) is 0 Å². The van der Waals surface area contributed by atoms with Crippen LogP contribution in [0.15, 0.2) is 10.9 Å². The lowest BCUT2D eigenvalue weighted by molar-refractivity contribution is -0.129. The van der Waals surface area contributed by atoms with Crippen molar-refractivity contribution >= 4 is 11.8 Å². The first kappa shape index (κ1) is 19.6. The Balaban J connectivity index is 1.63. The van der Waals surface area contributed by atoms with Crippen molar-refractivity contribution in [1.82, 2.24) is 20.2 Å². The standard InChI is InChI=1S/C20H30N4O3/c1-13(2)9-14-10-17(23-20(27)22-14)19(26)21-15-11-18(25)24(12-15)16-7-5-3-4-6-8-16/h10,13,15-16H,3-9,11-12H2,1-2H3,(H,21,26)(H,22,23,27)/t15-/m0/s1. The van der Waals surface area contributed by atoms with Crippen LogP contribution in [0.1, 0.15) is 75.0 Å². The van der Waals surface area contributed by atoms with E-state index >= 15 is 0 Å². The van der Waals surface area contributed by atoms with Gasteiger partial charge < -0.3 is 15.2 Å². The molecule has 1 saturated heterocycles. The van der Waals surface area contributed by atoms with Gasteiger partial charge in [0.2, 0.25) is 5.91 Å². The van der Waals surface area contributed by atoms with Gasteiger partial charge in [0.05, 0.1) is 6.04 Å². The molecule has 0 aromatic carbocycles. The molecule has 3 rings (SSSR count). The van der Waals surface area contributed by atoms with Gasteiger partial charge in [0.15, 0.2) is 0 Å². The van der Waals surface area contributed by atoms with Gasteiger partial charge in [0, 0.05) is 24.7 Å². The van der Waals surface area contributed by atoms with Crippen molar-refractivity contribution < 1.29 is 9.59 Å². The maximum Gasteiger partial charge on any atom is 0.345 e. The van der Waals surface area contributed by atoms with Crippen LogP contribution in [-0.2, 0) is 11.2 Å². The second kappa shape index (κ2) is 8.67. The zero-order valence-electron chi connectivity index (χ0n) is 16.3. The highest BCUT2D eigenvalue weighted by Crippen LogP contribution is 2.25. The molecule has 1 aromatic heterocycles.